The van der Waals surface area contributed by atoms with Crippen molar-refractivity contribution in [2.24, 2.45) is 5.92 Å². The number of non-ortho nitro benzene ring substituents is 1. The molecule has 7 nitrogen and oxygen atoms in total. The molecule has 0 aromatic heterocycles. The summed E-state index contributed by atoms with van der Waals surface area (Å²) in [5.41, 5.74) is 0.289. The Hall–Kier alpha value is -2.44. The number of ether oxygens (including phenoxy) is 1. The first-order chi connectivity index (χ1) is 10.4. The van der Waals surface area contributed by atoms with E-state index in [0.717, 1.165) is 6.42 Å². The van der Waals surface area contributed by atoms with E-state index in [0.29, 0.717) is 12.1 Å². The molecule has 1 unspecified atom stereocenters. The van der Waals surface area contributed by atoms with Crippen LogP contribution < -0.4 is 0 Å². The lowest BCUT2D eigenvalue weighted by Gasteiger charge is -2.24. The highest BCUT2D eigenvalue weighted by Gasteiger charge is 2.22. The number of nitro benzene ring substituents is 1. The molecular weight excluding hydrogens is 288 g/mol. The van der Waals surface area contributed by atoms with Crippen LogP contribution in [0.4, 0.5) is 5.69 Å². The lowest BCUT2D eigenvalue weighted by molar-refractivity contribution is -0.384. The number of hydrogen-bond donors (Lipinski definition) is 0. The van der Waals surface area contributed by atoms with Gasteiger partial charge in [0, 0.05) is 30.8 Å². The topological polar surface area (TPSA) is 89.8 Å². The first kappa shape index (κ1) is 17.6. The van der Waals surface area contributed by atoms with Crippen molar-refractivity contribution >= 4 is 17.6 Å². The highest BCUT2D eigenvalue weighted by Crippen LogP contribution is 2.15. The van der Waals surface area contributed by atoms with E-state index in [1.165, 1.54) is 31.4 Å². The van der Waals surface area contributed by atoms with Gasteiger partial charge in [-0.05, 0) is 18.6 Å². The number of carbonyl (C=O) groups is 2. The van der Waals surface area contributed by atoms with Gasteiger partial charge in [-0.15, -0.1) is 0 Å². The SMILES string of the molecule is CCCN(CC(C)C(=O)OC)C(=O)c1ccc([N+](=O)[O-])cc1. The van der Waals surface area contributed by atoms with E-state index in [1.54, 1.807) is 11.8 Å². The summed E-state index contributed by atoms with van der Waals surface area (Å²) in [7, 11) is 1.31. The third-order valence-corrected chi connectivity index (χ3v) is 3.20. The summed E-state index contributed by atoms with van der Waals surface area (Å²) in [6, 6.07) is 5.43. The summed E-state index contributed by atoms with van der Waals surface area (Å²) < 4.78 is 4.67. The summed E-state index contributed by atoms with van der Waals surface area (Å²) >= 11 is 0. The second-order valence-electron chi connectivity index (χ2n) is 4.98. The van der Waals surface area contributed by atoms with Gasteiger partial charge in [0.05, 0.1) is 18.0 Å². The van der Waals surface area contributed by atoms with Gasteiger partial charge in [0.25, 0.3) is 11.6 Å². The lowest BCUT2D eigenvalue weighted by Crippen LogP contribution is -2.37. The molecule has 1 atom stereocenters. The van der Waals surface area contributed by atoms with E-state index < -0.39 is 10.8 Å². The van der Waals surface area contributed by atoms with Crippen molar-refractivity contribution in [3.63, 3.8) is 0 Å². The molecule has 1 aromatic rings. The molecule has 7 heteroatoms. The van der Waals surface area contributed by atoms with E-state index in [9.17, 15) is 19.7 Å². The highest BCUT2D eigenvalue weighted by atomic mass is 16.6. The normalized spacial score (nSPS) is 11.6. The van der Waals surface area contributed by atoms with E-state index in [1.807, 2.05) is 6.92 Å². The van der Waals surface area contributed by atoms with E-state index in [2.05, 4.69) is 4.74 Å². The number of hydrogen-bond acceptors (Lipinski definition) is 5. The molecule has 0 saturated heterocycles. The molecule has 0 heterocycles. The minimum Gasteiger partial charge on any atom is -0.469 e. The zero-order valence-electron chi connectivity index (χ0n) is 12.9. The molecule has 1 rings (SSSR count). The minimum absolute atomic E-state index is 0.0680. The van der Waals surface area contributed by atoms with Gasteiger partial charge in [0.1, 0.15) is 0 Å². The van der Waals surface area contributed by atoms with Crippen LogP contribution in [0.5, 0.6) is 0 Å². The van der Waals surface area contributed by atoms with Crippen molar-refractivity contribution in [3.8, 4) is 0 Å². The number of nitrogens with zero attached hydrogens (tertiary/aromatic N) is 2. The van der Waals surface area contributed by atoms with Crippen LogP contribution in [0.3, 0.4) is 0 Å². The Kier molecular flexibility index (Phi) is 6.49. The maximum absolute atomic E-state index is 12.5. The molecule has 0 radical (unpaired) electrons. The fourth-order valence-corrected chi connectivity index (χ4v) is 2.06. The van der Waals surface area contributed by atoms with Gasteiger partial charge in [0.2, 0.25) is 0 Å². The first-order valence-corrected chi connectivity index (χ1v) is 7.02. The third-order valence-electron chi connectivity index (χ3n) is 3.20. The van der Waals surface area contributed by atoms with Crippen molar-refractivity contribution in [1.29, 1.82) is 0 Å². The Morgan fingerprint density at radius 2 is 1.91 bits per heavy atom. The van der Waals surface area contributed by atoms with Crippen LogP contribution in [-0.4, -0.2) is 41.9 Å². The lowest BCUT2D eigenvalue weighted by atomic mass is 10.1. The van der Waals surface area contributed by atoms with Crippen LogP contribution in [0.25, 0.3) is 0 Å². The average molecular weight is 308 g/mol. The van der Waals surface area contributed by atoms with Crippen molar-refractivity contribution in [1.82, 2.24) is 4.90 Å². The van der Waals surface area contributed by atoms with Crippen molar-refractivity contribution in [2.45, 2.75) is 20.3 Å². The first-order valence-electron chi connectivity index (χ1n) is 7.02. The fourth-order valence-electron chi connectivity index (χ4n) is 2.06. The smallest absolute Gasteiger partial charge is 0.310 e. The average Bonchev–Trinajstić information content (AvgIpc) is 2.52. The van der Waals surface area contributed by atoms with Crippen LogP contribution in [0.2, 0.25) is 0 Å². The second kappa shape index (κ2) is 8.11. The number of methoxy groups -OCH3 is 1. The Morgan fingerprint density at radius 3 is 2.36 bits per heavy atom. The third kappa shape index (κ3) is 4.54. The molecule has 0 bridgehead atoms. The maximum atomic E-state index is 12.5. The predicted molar refractivity (Wildman–Crippen MR) is 80.5 cm³/mol. The van der Waals surface area contributed by atoms with Crippen LogP contribution in [0.1, 0.15) is 30.6 Å². The summed E-state index contributed by atoms with van der Waals surface area (Å²) in [5.74, 6) is -1.07. The molecule has 0 saturated carbocycles. The summed E-state index contributed by atoms with van der Waals surface area (Å²) in [6.45, 7) is 4.37. The van der Waals surface area contributed by atoms with Crippen molar-refractivity contribution in [3.05, 3.63) is 39.9 Å². The molecule has 0 aliphatic carbocycles. The zero-order valence-corrected chi connectivity index (χ0v) is 12.9. The number of esters is 1. The summed E-state index contributed by atoms with van der Waals surface area (Å²) in [4.78, 5) is 35.6. The summed E-state index contributed by atoms with van der Waals surface area (Å²) in [5, 5.41) is 10.6. The second-order valence-corrected chi connectivity index (χ2v) is 4.98. The van der Waals surface area contributed by atoms with E-state index in [4.69, 9.17) is 0 Å². The maximum Gasteiger partial charge on any atom is 0.310 e. The largest absolute Gasteiger partial charge is 0.469 e. The molecule has 1 amide bonds. The van der Waals surface area contributed by atoms with Crippen LogP contribution >= 0.6 is 0 Å². The Morgan fingerprint density at radius 1 is 1.32 bits per heavy atom. The molecule has 120 valence electrons. The molecular formula is C15H20N2O5. The Balaban J connectivity index is 2.88. The van der Waals surface area contributed by atoms with Crippen LogP contribution in [0, 0.1) is 16.0 Å². The zero-order chi connectivity index (χ0) is 16.7. The van der Waals surface area contributed by atoms with Gasteiger partial charge in [0.15, 0.2) is 0 Å². The minimum atomic E-state index is -0.516. The molecule has 0 spiro atoms. The summed E-state index contributed by atoms with van der Waals surface area (Å²) in [6.07, 6.45) is 0.743. The van der Waals surface area contributed by atoms with Crippen molar-refractivity contribution < 1.29 is 19.2 Å². The Labute approximate surface area is 129 Å². The van der Waals surface area contributed by atoms with Gasteiger partial charge < -0.3 is 9.64 Å². The quantitative estimate of drug-likeness (QED) is 0.438. The van der Waals surface area contributed by atoms with Gasteiger partial charge in [-0.2, -0.15) is 0 Å². The molecule has 0 aliphatic rings. The molecule has 0 aliphatic heterocycles. The predicted octanol–water partition coefficient (Wildman–Crippen LogP) is 2.26. The van der Waals surface area contributed by atoms with E-state index >= 15 is 0 Å². The molecule has 1 aromatic carbocycles. The van der Waals surface area contributed by atoms with Gasteiger partial charge >= 0.3 is 5.97 Å². The molecule has 22 heavy (non-hydrogen) atoms. The van der Waals surface area contributed by atoms with Gasteiger partial charge in [-0.25, -0.2) is 0 Å². The number of benzene rings is 1. The number of amides is 1. The Bertz CT molecular complexity index is 541. The molecule has 0 fully saturated rings. The molecule has 0 N–H and O–H groups in total. The van der Waals surface area contributed by atoms with Crippen LogP contribution in [0.15, 0.2) is 24.3 Å². The number of nitro groups is 1. The fraction of sp³-hybridized carbons (Fsp3) is 0.467. The number of rotatable bonds is 7. The number of carbonyl (C=O) groups excluding carboxylic acids is 2. The van der Waals surface area contributed by atoms with E-state index in [-0.39, 0.29) is 24.1 Å². The standard InChI is InChI=1S/C15H20N2O5/c1-4-9-16(10-11(2)15(19)22-3)14(18)12-5-7-13(8-6-12)17(20)21/h5-8,11H,4,9-10H2,1-3H3. The van der Waals surface area contributed by atoms with Crippen molar-refractivity contribution in [2.75, 3.05) is 20.2 Å². The van der Waals surface area contributed by atoms with Gasteiger partial charge in [-0.3, -0.25) is 19.7 Å². The monoisotopic (exact) mass is 308 g/mol. The highest BCUT2D eigenvalue weighted by molar-refractivity contribution is 5.94. The van der Waals surface area contributed by atoms with Crippen LogP contribution in [-0.2, 0) is 9.53 Å². The van der Waals surface area contributed by atoms with Gasteiger partial charge in [-0.1, -0.05) is 13.8 Å².